The first-order valence-corrected chi connectivity index (χ1v) is 6.53. The third-order valence-electron chi connectivity index (χ3n) is 2.96. The molecule has 0 saturated carbocycles. The zero-order chi connectivity index (χ0) is 14.4. The minimum absolute atomic E-state index is 0.140. The summed E-state index contributed by atoms with van der Waals surface area (Å²) >= 11 is 0. The first-order chi connectivity index (χ1) is 9.74. The molecule has 2 heterocycles. The number of hydrogen-bond acceptors (Lipinski definition) is 4. The van der Waals surface area contributed by atoms with Crippen molar-refractivity contribution >= 4 is 5.91 Å². The van der Waals surface area contributed by atoms with Gasteiger partial charge in [0.25, 0.3) is 5.91 Å². The topological polar surface area (TPSA) is 69.0 Å². The maximum absolute atomic E-state index is 11.9. The van der Waals surface area contributed by atoms with E-state index in [1.54, 1.807) is 25.4 Å². The fourth-order valence-corrected chi connectivity index (χ4v) is 1.89. The molecule has 0 aliphatic carbocycles. The molecular weight excluding hydrogens is 256 g/mol. The molecule has 20 heavy (non-hydrogen) atoms. The number of amides is 1. The Morgan fingerprint density at radius 2 is 2.25 bits per heavy atom. The van der Waals surface area contributed by atoms with Gasteiger partial charge in [-0.3, -0.25) is 4.79 Å². The third kappa shape index (κ3) is 3.34. The van der Waals surface area contributed by atoms with Crippen molar-refractivity contribution in [2.75, 3.05) is 13.7 Å². The van der Waals surface area contributed by atoms with Crippen molar-refractivity contribution in [2.45, 2.75) is 19.9 Å². The van der Waals surface area contributed by atoms with Crippen LogP contribution in [0.2, 0.25) is 0 Å². The van der Waals surface area contributed by atoms with Crippen molar-refractivity contribution in [3.63, 3.8) is 0 Å². The summed E-state index contributed by atoms with van der Waals surface area (Å²) in [6.07, 6.45) is 6.07. The van der Waals surface area contributed by atoms with Crippen LogP contribution in [-0.2, 0) is 13.0 Å². The van der Waals surface area contributed by atoms with Gasteiger partial charge in [-0.15, -0.1) is 0 Å². The number of ether oxygens (including phenoxy) is 1. The van der Waals surface area contributed by atoms with Crippen LogP contribution in [0.5, 0.6) is 5.88 Å². The third-order valence-corrected chi connectivity index (χ3v) is 2.96. The molecule has 6 nitrogen and oxygen atoms in total. The highest BCUT2D eigenvalue weighted by Gasteiger charge is 2.06. The minimum Gasteiger partial charge on any atom is -0.481 e. The Kier molecular flexibility index (Phi) is 4.70. The van der Waals surface area contributed by atoms with Crippen LogP contribution in [0.15, 0.2) is 30.7 Å². The molecule has 0 aliphatic rings. The van der Waals surface area contributed by atoms with Gasteiger partial charge in [-0.2, -0.15) is 0 Å². The normalized spacial score (nSPS) is 10.3. The lowest BCUT2D eigenvalue weighted by Crippen LogP contribution is -2.27. The Balaban J connectivity index is 1.85. The molecule has 0 aliphatic heterocycles. The lowest BCUT2D eigenvalue weighted by atomic mass is 10.2. The predicted molar refractivity (Wildman–Crippen MR) is 74.7 cm³/mol. The number of hydrogen-bond donors (Lipinski definition) is 1. The standard InChI is InChI=1S/C14H18N4O2/c1-3-12-15-6-8-18(12)9-7-16-14(19)11-4-5-13(20-2)17-10-11/h4-6,8,10H,3,7,9H2,1-2H3,(H,16,19). The monoisotopic (exact) mass is 274 g/mol. The van der Waals surface area contributed by atoms with Crippen LogP contribution in [-0.4, -0.2) is 34.1 Å². The molecule has 0 unspecified atom stereocenters. The minimum atomic E-state index is -0.140. The first-order valence-electron chi connectivity index (χ1n) is 6.53. The van der Waals surface area contributed by atoms with Crippen LogP contribution in [0.4, 0.5) is 0 Å². The van der Waals surface area contributed by atoms with Gasteiger partial charge in [-0.25, -0.2) is 9.97 Å². The van der Waals surface area contributed by atoms with Crippen LogP contribution in [0.25, 0.3) is 0 Å². The van der Waals surface area contributed by atoms with Gasteiger partial charge in [-0.1, -0.05) is 6.92 Å². The van der Waals surface area contributed by atoms with Crippen LogP contribution in [0.3, 0.4) is 0 Å². The number of nitrogens with one attached hydrogen (secondary N) is 1. The zero-order valence-electron chi connectivity index (χ0n) is 11.7. The quantitative estimate of drug-likeness (QED) is 0.861. The highest BCUT2D eigenvalue weighted by molar-refractivity contribution is 5.93. The zero-order valence-corrected chi connectivity index (χ0v) is 11.7. The fourth-order valence-electron chi connectivity index (χ4n) is 1.89. The maximum Gasteiger partial charge on any atom is 0.252 e. The molecular formula is C14H18N4O2. The summed E-state index contributed by atoms with van der Waals surface area (Å²) in [6.45, 7) is 3.31. The van der Waals surface area contributed by atoms with Gasteiger partial charge in [0.2, 0.25) is 5.88 Å². The van der Waals surface area contributed by atoms with Gasteiger partial charge in [0.05, 0.1) is 12.7 Å². The number of aromatic nitrogens is 3. The van der Waals surface area contributed by atoms with E-state index in [-0.39, 0.29) is 5.91 Å². The van der Waals surface area contributed by atoms with E-state index in [4.69, 9.17) is 4.74 Å². The molecule has 1 N–H and O–H groups in total. The summed E-state index contributed by atoms with van der Waals surface area (Å²) in [5.74, 6) is 1.37. The van der Waals surface area contributed by atoms with Crippen LogP contribution < -0.4 is 10.1 Å². The van der Waals surface area contributed by atoms with Crippen LogP contribution in [0, 0.1) is 0 Å². The first kappa shape index (κ1) is 14.0. The Labute approximate surface area is 117 Å². The van der Waals surface area contributed by atoms with Crippen molar-refractivity contribution in [3.05, 3.63) is 42.1 Å². The number of methoxy groups -OCH3 is 1. The molecule has 0 fully saturated rings. The lowest BCUT2D eigenvalue weighted by Gasteiger charge is -2.08. The van der Waals surface area contributed by atoms with Gasteiger partial charge < -0.3 is 14.6 Å². The molecule has 2 rings (SSSR count). The second-order valence-corrected chi connectivity index (χ2v) is 4.24. The van der Waals surface area contributed by atoms with Gasteiger partial charge in [-0.05, 0) is 6.07 Å². The van der Waals surface area contributed by atoms with E-state index in [0.29, 0.717) is 24.5 Å². The SMILES string of the molecule is CCc1nccn1CCNC(=O)c1ccc(OC)nc1. The molecule has 0 atom stereocenters. The molecule has 2 aromatic rings. The number of carbonyl (C=O) groups is 1. The fraction of sp³-hybridized carbons (Fsp3) is 0.357. The van der Waals surface area contributed by atoms with Crippen molar-refractivity contribution in [1.29, 1.82) is 0 Å². The molecule has 0 saturated heterocycles. The molecule has 0 radical (unpaired) electrons. The number of pyridine rings is 1. The average molecular weight is 274 g/mol. The number of aryl methyl sites for hydroxylation is 1. The smallest absolute Gasteiger partial charge is 0.252 e. The van der Waals surface area contributed by atoms with E-state index < -0.39 is 0 Å². The van der Waals surface area contributed by atoms with E-state index in [1.165, 1.54) is 6.20 Å². The highest BCUT2D eigenvalue weighted by Crippen LogP contribution is 2.06. The molecule has 0 aromatic carbocycles. The van der Waals surface area contributed by atoms with Gasteiger partial charge in [0, 0.05) is 44.2 Å². The van der Waals surface area contributed by atoms with E-state index in [0.717, 1.165) is 12.2 Å². The van der Waals surface area contributed by atoms with E-state index >= 15 is 0 Å². The van der Waals surface area contributed by atoms with E-state index in [2.05, 4.69) is 22.2 Å². The summed E-state index contributed by atoms with van der Waals surface area (Å²) in [7, 11) is 1.54. The van der Waals surface area contributed by atoms with Crippen molar-refractivity contribution in [2.24, 2.45) is 0 Å². The van der Waals surface area contributed by atoms with Crippen LogP contribution >= 0.6 is 0 Å². The number of carbonyl (C=O) groups excluding carboxylic acids is 1. The summed E-state index contributed by atoms with van der Waals surface area (Å²) in [5.41, 5.74) is 0.521. The van der Waals surface area contributed by atoms with Crippen molar-refractivity contribution in [1.82, 2.24) is 19.9 Å². The van der Waals surface area contributed by atoms with Gasteiger partial charge in [0.1, 0.15) is 5.82 Å². The van der Waals surface area contributed by atoms with Gasteiger partial charge in [0.15, 0.2) is 0 Å². The van der Waals surface area contributed by atoms with Crippen molar-refractivity contribution in [3.8, 4) is 5.88 Å². The van der Waals surface area contributed by atoms with Crippen LogP contribution in [0.1, 0.15) is 23.1 Å². The molecule has 106 valence electrons. The van der Waals surface area contributed by atoms with Gasteiger partial charge >= 0.3 is 0 Å². The summed E-state index contributed by atoms with van der Waals surface area (Å²) < 4.78 is 6.99. The molecule has 0 spiro atoms. The number of rotatable bonds is 6. The molecule has 0 bridgehead atoms. The summed E-state index contributed by atoms with van der Waals surface area (Å²) in [4.78, 5) is 20.2. The highest BCUT2D eigenvalue weighted by atomic mass is 16.5. The Morgan fingerprint density at radius 3 is 2.90 bits per heavy atom. The number of nitrogens with zero attached hydrogens (tertiary/aromatic N) is 3. The largest absolute Gasteiger partial charge is 0.481 e. The second kappa shape index (κ2) is 6.70. The Bertz CT molecular complexity index is 563. The van der Waals surface area contributed by atoms with E-state index in [9.17, 15) is 4.79 Å². The maximum atomic E-state index is 11.9. The Morgan fingerprint density at radius 1 is 1.40 bits per heavy atom. The average Bonchev–Trinajstić information content (AvgIpc) is 2.94. The summed E-state index contributed by atoms with van der Waals surface area (Å²) in [5, 5.41) is 2.86. The lowest BCUT2D eigenvalue weighted by molar-refractivity contribution is 0.0951. The Hall–Kier alpha value is -2.37. The summed E-state index contributed by atoms with van der Waals surface area (Å²) in [6, 6.07) is 3.36. The molecule has 2 aromatic heterocycles. The molecule has 6 heteroatoms. The van der Waals surface area contributed by atoms with E-state index in [1.807, 2.05) is 10.8 Å². The predicted octanol–water partition coefficient (Wildman–Crippen LogP) is 1.28. The number of imidazole rings is 1. The molecule has 1 amide bonds. The second-order valence-electron chi connectivity index (χ2n) is 4.24. The van der Waals surface area contributed by atoms with Crippen molar-refractivity contribution < 1.29 is 9.53 Å².